The number of carbonyl (C=O) groups excluding carboxylic acids is 2. The van der Waals surface area contributed by atoms with Gasteiger partial charge < -0.3 is 20.1 Å². The van der Waals surface area contributed by atoms with Crippen molar-refractivity contribution in [3.05, 3.63) is 29.8 Å². The van der Waals surface area contributed by atoms with Crippen LogP contribution in [0.3, 0.4) is 0 Å². The smallest absolute Gasteiger partial charge is 0.257 e. The Hall–Kier alpha value is -2.08. The maximum atomic E-state index is 12.4. The van der Waals surface area contributed by atoms with Crippen LogP contribution in [0.5, 0.6) is 5.75 Å². The predicted molar refractivity (Wildman–Crippen MR) is 72.4 cm³/mol. The van der Waals surface area contributed by atoms with E-state index in [4.69, 9.17) is 15.2 Å². The number of para-hydroxylation sites is 1. The highest BCUT2D eigenvalue weighted by Crippen LogP contribution is 2.22. The van der Waals surface area contributed by atoms with Crippen molar-refractivity contribution in [3.8, 4) is 5.75 Å². The van der Waals surface area contributed by atoms with E-state index in [9.17, 15) is 9.59 Å². The van der Waals surface area contributed by atoms with Gasteiger partial charge in [0.2, 0.25) is 5.91 Å². The number of amides is 2. The summed E-state index contributed by atoms with van der Waals surface area (Å²) in [6.07, 6.45) is 0.565. The Bertz CT molecular complexity index is 504. The van der Waals surface area contributed by atoms with Crippen molar-refractivity contribution in [3.63, 3.8) is 0 Å². The number of hydrogen-bond donors (Lipinski definition) is 1. The van der Waals surface area contributed by atoms with E-state index in [1.54, 1.807) is 23.1 Å². The molecule has 0 aromatic heterocycles. The zero-order valence-corrected chi connectivity index (χ0v) is 11.4. The van der Waals surface area contributed by atoms with E-state index in [-0.39, 0.29) is 18.6 Å². The largest absolute Gasteiger partial charge is 0.496 e. The molecule has 6 heteroatoms. The van der Waals surface area contributed by atoms with Crippen LogP contribution >= 0.6 is 0 Å². The van der Waals surface area contributed by atoms with Gasteiger partial charge in [0.15, 0.2) is 0 Å². The zero-order valence-electron chi connectivity index (χ0n) is 11.4. The van der Waals surface area contributed by atoms with Gasteiger partial charge in [-0.15, -0.1) is 0 Å². The summed E-state index contributed by atoms with van der Waals surface area (Å²) in [6, 6.07) is 7.11. The average Bonchev–Trinajstić information content (AvgIpc) is 2.93. The second kappa shape index (κ2) is 6.38. The molecular formula is C14H18N2O4. The van der Waals surface area contributed by atoms with Crippen molar-refractivity contribution in [2.45, 2.75) is 12.5 Å². The number of nitrogens with two attached hydrogens (primary N) is 1. The molecule has 1 fully saturated rings. The summed E-state index contributed by atoms with van der Waals surface area (Å²) < 4.78 is 10.5. The number of ether oxygens (including phenoxy) is 2. The van der Waals surface area contributed by atoms with Crippen LogP contribution in [0, 0.1) is 0 Å². The third kappa shape index (κ3) is 3.27. The Morgan fingerprint density at radius 3 is 2.85 bits per heavy atom. The first-order chi connectivity index (χ1) is 9.61. The van der Waals surface area contributed by atoms with Gasteiger partial charge in [-0.1, -0.05) is 12.1 Å². The van der Waals surface area contributed by atoms with E-state index in [1.165, 1.54) is 7.11 Å². The average molecular weight is 278 g/mol. The van der Waals surface area contributed by atoms with Crippen LogP contribution in [0.15, 0.2) is 24.3 Å². The topological polar surface area (TPSA) is 81.9 Å². The monoisotopic (exact) mass is 278 g/mol. The van der Waals surface area contributed by atoms with E-state index in [2.05, 4.69) is 0 Å². The van der Waals surface area contributed by atoms with Crippen molar-refractivity contribution in [1.29, 1.82) is 0 Å². The van der Waals surface area contributed by atoms with Crippen LogP contribution in [-0.2, 0) is 9.53 Å². The second-order valence-electron chi connectivity index (χ2n) is 4.64. The minimum absolute atomic E-state index is 0.0902. The second-order valence-corrected chi connectivity index (χ2v) is 4.64. The molecule has 1 saturated heterocycles. The minimum Gasteiger partial charge on any atom is -0.496 e. The van der Waals surface area contributed by atoms with Gasteiger partial charge in [-0.2, -0.15) is 0 Å². The predicted octanol–water partition coefficient (Wildman–Crippen LogP) is 0.412. The number of methoxy groups -OCH3 is 1. The molecule has 108 valence electrons. The molecule has 0 aliphatic carbocycles. The lowest BCUT2D eigenvalue weighted by molar-refractivity contribution is -0.124. The van der Waals surface area contributed by atoms with Gasteiger partial charge in [-0.05, 0) is 18.6 Å². The Morgan fingerprint density at radius 1 is 1.40 bits per heavy atom. The Balaban J connectivity index is 1.99. The first-order valence-electron chi connectivity index (χ1n) is 6.44. The number of carbonyl (C=O) groups is 2. The number of hydrogen-bond acceptors (Lipinski definition) is 4. The molecule has 0 saturated carbocycles. The maximum absolute atomic E-state index is 12.4. The molecule has 1 aromatic rings. The van der Waals surface area contributed by atoms with Crippen LogP contribution in [-0.4, -0.2) is 49.6 Å². The fourth-order valence-electron chi connectivity index (χ4n) is 2.24. The maximum Gasteiger partial charge on any atom is 0.257 e. The SMILES string of the molecule is COc1ccccc1C(=O)N1CC[C@H](OCC(N)=O)C1. The third-order valence-corrected chi connectivity index (χ3v) is 3.23. The summed E-state index contributed by atoms with van der Waals surface area (Å²) in [5.74, 6) is -0.0360. The standard InChI is InChI=1S/C14H18N2O4/c1-19-12-5-3-2-4-11(12)14(18)16-7-6-10(8-16)20-9-13(15)17/h2-5,10H,6-9H2,1H3,(H2,15,17)/t10-/m0/s1. The normalized spacial score (nSPS) is 18.1. The summed E-state index contributed by atoms with van der Waals surface area (Å²) in [5.41, 5.74) is 5.57. The fourth-order valence-corrected chi connectivity index (χ4v) is 2.24. The van der Waals surface area contributed by atoms with Gasteiger partial charge in [0.25, 0.3) is 5.91 Å². The van der Waals surface area contributed by atoms with Gasteiger partial charge in [-0.25, -0.2) is 0 Å². The summed E-state index contributed by atoms with van der Waals surface area (Å²) >= 11 is 0. The summed E-state index contributed by atoms with van der Waals surface area (Å²) in [6.45, 7) is 0.950. The highest BCUT2D eigenvalue weighted by molar-refractivity contribution is 5.97. The summed E-state index contributed by atoms with van der Waals surface area (Å²) in [7, 11) is 1.54. The molecule has 1 atom stereocenters. The Kier molecular flexibility index (Phi) is 4.57. The van der Waals surface area contributed by atoms with Gasteiger partial charge in [0.1, 0.15) is 12.4 Å². The van der Waals surface area contributed by atoms with Crippen LogP contribution in [0.25, 0.3) is 0 Å². The Morgan fingerprint density at radius 2 is 2.15 bits per heavy atom. The molecule has 2 rings (SSSR count). The molecule has 20 heavy (non-hydrogen) atoms. The van der Waals surface area contributed by atoms with Crippen LogP contribution in [0.4, 0.5) is 0 Å². The molecule has 1 aliphatic rings. The molecule has 1 aromatic carbocycles. The van der Waals surface area contributed by atoms with E-state index in [0.29, 0.717) is 30.8 Å². The number of rotatable bonds is 5. The lowest BCUT2D eigenvalue weighted by Gasteiger charge is -2.18. The molecule has 1 heterocycles. The van der Waals surface area contributed by atoms with E-state index >= 15 is 0 Å². The van der Waals surface area contributed by atoms with Crippen LogP contribution in [0.2, 0.25) is 0 Å². The van der Waals surface area contributed by atoms with Gasteiger partial charge >= 0.3 is 0 Å². The highest BCUT2D eigenvalue weighted by atomic mass is 16.5. The van der Waals surface area contributed by atoms with Crippen molar-refractivity contribution >= 4 is 11.8 Å². The minimum atomic E-state index is -0.500. The van der Waals surface area contributed by atoms with E-state index in [0.717, 1.165) is 0 Å². The molecule has 2 amide bonds. The van der Waals surface area contributed by atoms with Gasteiger partial charge in [0, 0.05) is 13.1 Å². The molecule has 0 spiro atoms. The quantitative estimate of drug-likeness (QED) is 0.846. The number of likely N-dealkylation sites (tertiary alicyclic amines) is 1. The molecule has 0 bridgehead atoms. The van der Waals surface area contributed by atoms with Crippen molar-refractivity contribution in [2.75, 3.05) is 26.8 Å². The first-order valence-corrected chi connectivity index (χ1v) is 6.44. The summed E-state index contributed by atoms with van der Waals surface area (Å²) in [4.78, 5) is 24.8. The fraction of sp³-hybridized carbons (Fsp3) is 0.429. The van der Waals surface area contributed by atoms with E-state index < -0.39 is 5.91 Å². The number of nitrogens with zero attached hydrogens (tertiary/aromatic N) is 1. The molecule has 2 N–H and O–H groups in total. The van der Waals surface area contributed by atoms with Crippen LogP contribution < -0.4 is 10.5 Å². The molecule has 1 aliphatic heterocycles. The van der Waals surface area contributed by atoms with Crippen molar-refractivity contribution in [1.82, 2.24) is 4.90 Å². The van der Waals surface area contributed by atoms with Crippen molar-refractivity contribution < 1.29 is 19.1 Å². The summed E-state index contributed by atoms with van der Waals surface area (Å²) in [5, 5.41) is 0. The zero-order chi connectivity index (χ0) is 14.5. The third-order valence-electron chi connectivity index (χ3n) is 3.23. The van der Waals surface area contributed by atoms with Crippen LogP contribution in [0.1, 0.15) is 16.8 Å². The van der Waals surface area contributed by atoms with Gasteiger partial charge in [-0.3, -0.25) is 9.59 Å². The Labute approximate surface area is 117 Å². The first kappa shape index (κ1) is 14.3. The van der Waals surface area contributed by atoms with Crippen molar-refractivity contribution in [2.24, 2.45) is 5.73 Å². The molecule has 0 radical (unpaired) electrons. The molecule has 0 unspecified atom stereocenters. The lowest BCUT2D eigenvalue weighted by atomic mass is 10.2. The molecule has 6 nitrogen and oxygen atoms in total. The van der Waals surface area contributed by atoms with E-state index in [1.807, 2.05) is 6.07 Å². The van der Waals surface area contributed by atoms with Gasteiger partial charge in [0.05, 0.1) is 18.8 Å². The number of benzene rings is 1. The number of primary amides is 1. The molecular weight excluding hydrogens is 260 g/mol. The lowest BCUT2D eigenvalue weighted by Crippen LogP contribution is -2.31. The highest BCUT2D eigenvalue weighted by Gasteiger charge is 2.29.